The van der Waals surface area contributed by atoms with E-state index >= 15 is 0 Å². The van der Waals surface area contributed by atoms with Crippen molar-refractivity contribution in [2.75, 3.05) is 7.11 Å². The predicted molar refractivity (Wildman–Crippen MR) is 76.5 cm³/mol. The molecule has 0 radical (unpaired) electrons. The first-order chi connectivity index (χ1) is 10.2. The maximum atomic E-state index is 13.4. The van der Waals surface area contributed by atoms with E-state index in [-0.39, 0.29) is 11.9 Å². The van der Waals surface area contributed by atoms with Gasteiger partial charge in [0, 0.05) is 25.2 Å². The highest BCUT2D eigenvalue weighted by Gasteiger charge is 2.29. The van der Waals surface area contributed by atoms with Crippen molar-refractivity contribution in [2.24, 2.45) is 0 Å². The summed E-state index contributed by atoms with van der Waals surface area (Å²) in [7, 11) is 1.64. The minimum atomic E-state index is -0.657. The lowest BCUT2D eigenvalue weighted by molar-refractivity contribution is 0.0638. The van der Waals surface area contributed by atoms with E-state index in [1.54, 1.807) is 13.2 Å². The molecule has 3 rings (SSSR count). The highest BCUT2D eigenvalue weighted by molar-refractivity contribution is 5.40. The van der Waals surface area contributed by atoms with Crippen molar-refractivity contribution in [3.63, 3.8) is 0 Å². The third kappa shape index (κ3) is 2.77. The van der Waals surface area contributed by atoms with E-state index in [0.29, 0.717) is 24.3 Å². The summed E-state index contributed by atoms with van der Waals surface area (Å²) in [6, 6.07) is 12.0. The van der Waals surface area contributed by atoms with Crippen LogP contribution in [0.3, 0.4) is 0 Å². The monoisotopic (exact) mass is 288 g/mol. The Balaban J connectivity index is 1.95. The molecule has 1 aliphatic heterocycles. The summed E-state index contributed by atoms with van der Waals surface area (Å²) in [5, 5.41) is 10.3. The van der Waals surface area contributed by atoms with Gasteiger partial charge in [-0.05, 0) is 23.3 Å². The molecule has 2 atom stereocenters. The van der Waals surface area contributed by atoms with Gasteiger partial charge in [0.05, 0.1) is 12.7 Å². The maximum Gasteiger partial charge on any atom is 0.128 e. The van der Waals surface area contributed by atoms with Crippen molar-refractivity contribution in [1.82, 2.24) is 0 Å². The second-order valence-electron chi connectivity index (χ2n) is 5.17. The molecule has 0 amide bonds. The lowest BCUT2D eigenvalue weighted by Gasteiger charge is -2.31. The van der Waals surface area contributed by atoms with Gasteiger partial charge in [-0.1, -0.05) is 24.3 Å². The molecule has 0 aliphatic carbocycles. The molecular formula is C17H17FO3. The van der Waals surface area contributed by atoms with Crippen LogP contribution in [0, 0.1) is 5.82 Å². The smallest absolute Gasteiger partial charge is 0.128 e. The summed E-state index contributed by atoms with van der Waals surface area (Å²) in [6.45, 7) is 0.474. The van der Waals surface area contributed by atoms with E-state index in [1.165, 1.54) is 12.1 Å². The minimum Gasteiger partial charge on any atom is -0.485 e. The van der Waals surface area contributed by atoms with Crippen LogP contribution in [0.4, 0.5) is 4.39 Å². The number of fused-ring (bicyclic) bond motifs is 1. The van der Waals surface area contributed by atoms with Gasteiger partial charge in [-0.3, -0.25) is 0 Å². The first-order valence-electron chi connectivity index (χ1n) is 6.90. The number of hydrogen-bond donors (Lipinski definition) is 1. The Morgan fingerprint density at radius 1 is 1.24 bits per heavy atom. The van der Waals surface area contributed by atoms with Crippen LogP contribution in [0.2, 0.25) is 0 Å². The lowest BCUT2D eigenvalue weighted by atomic mass is 9.92. The van der Waals surface area contributed by atoms with Gasteiger partial charge in [0.15, 0.2) is 0 Å². The van der Waals surface area contributed by atoms with Crippen molar-refractivity contribution >= 4 is 0 Å². The van der Waals surface area contributed by atoms with Gasteiger partial charge in [0.2, 0.25) is 0 Å². The second-order valence-corrected chi connectivity index (χ2v) is 5.17. The zero-order valence-corrected chi connectivity index (χ0v) is 11.8. The summed E-state index contributed by atoms with van der Waals surface area (Å²) >= 11 is 0. The molecule has 110 valence electrons. The van der Waals surface area contributed by atoms with Gasteiger partial charge < -0.3 is 14.6 Å². The van der Waals surface area contributed by atoms with Gasteiger partial charge in [-0.2, -0.15) is 0 Å². The molecule has 1 unspecified atom stereocenters. The fourth-order valence-corrected chi connectivity index (χ4v) is 2.74. The van der Waals surface area contributed by atoms with Gasteiger partial charge in [0.1, 0.15) is 17.7 Å². The third-order valence-electron chi connectivity index (χ3n) is 3.74. The molecule has 3 nitrogen and oxygen atoms in total. The van der Waals surface area contributed by atoms with E-state index in [9.17, 15) is 9.50 Å². The second kappa shape index (κ2) is 5.84. The predicted octanol–water partition coefficient (Wildman–Crippen LogP) is 3.53. The van der Waals surface area contributed by atoms with Gasteiger partial charge in [-0.15, -0.1) is 0 Å². The Bertz CT molecular complexity index is 642. The van der Waals surface area contributed by atoms with Gasteiger partial charge in [0.25, 0.3) is 0 Å². The van der Waals surface area contributed by atoms with Crippen LogP contribution in [-0.2, 0) is 11.3 Å². The minimum absolute atomic E-state index is 0.305. The fourth-order valence-electron chi connectivity index (χ4n) is 2.74. The van der Waals surface area contributed by atoms with Crippen LogP contribution < -0.4 is 4.74 Å². The van der Waals surface area contributed by atoms with Crippen LogP contribution in [0.1, 0.15) is 35.3 Å². The molecule has 1 N–H and O–H groups in total. The number of aliphatic hydroxyl groups is 1. The van der Waals surface area contributed by atoms with E-state index < -0.39 is 6.10 Å². The molecule has 0 saturated heterocycles. The summed E-state index contributed by atoms with van der Waals surface area (Å²) in [5.74, 6) is 0.0396. The molecule has 0 aromatic heterocycles. The Kier molecular flexibility index (Phi) is 3.90. The van der Waals surface area contributed by atoms with Gasteiger partial charge >= 0.3 is 0 Å². The molecule has 1 heterocycles. The van der Waals surface area contributed by atoms with Crippen LogP contribution in [0.5, 0.6) is 5.75 Å². The molecular weight excluding hydrogens is 271 g/mol. The van der Waals surface area contributed by atoms with Crippen LogP contribution in [0.25, 0.3) is 0 Å². The number of benzene rings is 2. The summed E-state index contributed by atoms with van der Waals surface area (Å²) in [6.07, 6.45) is -0.519. The van der Waals surface area contributed by atoms with Crippen LogP contribution in [-0.4, -0.2) is 12.2 Å². The molecule has 0 spiro atoms. The highest BCUT2D eigenvalue weighted by Crippen LogP contribution is 2.41. The summed E-state index contributed by atoms with van der Waals surface area (Å²) in [4.78, 5) is 0. The maximum absolute atomic E-state index is 13.4. The zero-order valence-electron chi connectivity index (χ0n) is 11.8. The van der Waals surface area contributed by atoms with Crippen molar-refractivity contribution in [3.8, 4) is 5.75 Å². The Morgan fingerprint density at radius 3 is 2.86 bits per heavy atom. The Morgan fingerprint density at radius 2 is 2.05 bits per heavy atom. The van der Waals surface area contributed by atoms with Crippen molar-refractivity contribution in [1.29, 1.82) is 0 Å². The normalized spacial score (nSPS) is 20.7. The quantitative estimate of drug-likeness (QED) is 0.939. The largest absolute Gasteiger partial charge is 0.485 e. The zero-order chi connectivity index (χ0) is 14.8. The standard InChI is InChI=1S/C17H17FO3/c1-20-10-11-4-2-3-5-13(11)17-9-15(19)14-7-6-12(18)8-16(14)21-17/h2-8,15,17,19H,9-10H2,1H3/t15-,17?/m1/s1. The summed E-state index contributed by atoms with van der Waals surface area (Å²) in [5.41, 5.74) is 2.61. The summed E-state index contributed by atoms with van der Waals surface area (Å²) < 4.78 is 24.5. The third-order valence-corrected chi connectivity index (χ3v) is 3.74. The number of ether oxygens (including phenoxy) is 2. The number of hydrogen-bond acceptors (Lipinski definition) is 3. The SMILES string of the molecule is COCc1ccccc1C1C[C@@H](O)c2ccc(F)cc2O1. The van der Waals surface area contributed by atoms with E-state index in [2.05, 4.69) is 0 Å². The Labute approximate surface area is 122 Å². The van der Waals surface area contributed by atoms with Gasteiger partial charge in [-0.25, -0.2) is 4.39 Å². The number of halogens is 1. The van der Waals surface area contributed by atoms with Crippen LogP contribution in [0.15, 0.2) is 42.5 Å². The first kappa shape index (κ1) is 14.0. The molecule has 0 bridgehead atoms. The molecule has 2 aromatic rings. The van der Waals surface area contributed by atoms with E-state index in [4.69, 9.17) is 9.47 Å². The number of aliphatic hydroxyl groups excluding tert-OH is 1. The van der Waals surface area contributed by atoms with E-state index in [1.807, 2.05) is 24.3 Å². The highest BCUT2D eigenvalue weighted by atomic mass is 19.1. The molecule has 21 heavy (non-hydrogen) atoms. The molecule has 0 saturated carbocycles. The molecule has 2 aromatic carbocycles. The van der Waals surface area contributed by atoms with Crippen molar-refractivity contribution in [3.05, 3.63) is 65.0 Å². The number of rotatable bonds is 3. The molecule has 1 aliphatic rings. The first-order valence-corrected chi connectivity index (χ1v) is 6.90. The van der Waals surface area contributed by atoms with Crippen molar-refractivity contribution < 1.29 is 19.0 Å². The molecule has 4 heteroatoms. The average molecular weight is 288 g/mol. The van der Waals surface area contributed by atoms with Crippen molar-refractivity contribution in [2.45, 2.75) is 25.2 Å². The Hall–Kier alpha value is -1.91. The lowest BCUT2D eigenvalue weighted by Crippen LogP contribution is -2.20. The van der Waals surface area contributed by atoms with E-state index in [0.717, 1.165) is 11.1 Å². The molecule has 0 fully saturated rings. The number of methoxy groups -OCH3 is 1. The topological polar surface area (TPSA) is 38.7 Å². The fraction of sp³-hybridized carbons (Fsp3) is 0.294. The average Bonchev–Trinajstić information content (AvgIpc) is 2.47. The van der Waals surface area contributed by atoms with Crippen LogP contribution >= 0.6 is 0 Å².